The summed E-state index contributed by atoms with van der Waals surface area (Å²) < 4.78 is 10.8. The summed E-state index contributed by atoms with van der Waals surface area (Å²) in [6.07, 6.45) is 4.24. The molecular weight excluding hydrogens is 372 g/mol. The van der Waals surface area contributed by atoms with Gasteiger partial charge in [-0.15, -0.1) is 0 Å². The van der Waals surface area contributed by atoms with Gasteiger partial charge in [0.2, 0.25) is 5.91 Å². The molecular formula is C18H23BrN2O3. The first-order valence-corrected chi connectivity index (χ1v) is 9.50. The Morgan fingerprint density at radius 1 is 1.17 bits per heavy atom. The third kappa shape index (κ3) is 3.16. The minimum atomic E-state index is 0.0541. The standard InChI is InChI=1S/C18H23BrN2O3/c1-23-15-8-7-12(11-16(15)24-2)17-13-5-3-4-6-14(13)18(22)21(20-17)10-9-19/h7-8,11,13-14H,3-6,9-10H2,1-2H3. The molecule has 0 saturated heterocycles. The Kier molecular flexibility index (Phi) is 5.43. The fourth-order valence-electron chi connectivity index (χ4n) is 3.71. The van der Waals surface area contributed by atoms with Gasteiger partial charge < -0.3 is 9.47 Å². The predicted octanol–water partition coefficient (Wildman–Crippen LogP) is 3.45. The average molecular weight is 395 g/mol. The third-order valence-corrected chi connectivity index (χ3v) is 5.25. The molecule has 0 aromatic heterocycles. The summed E-state index contributed by atoms with van der Waals surface area (Å²) in [5.41, 5.74) is 2.01. The molecule has 1 aliphatic carbocycles. The Balaban J connectivity index is 2.02. The molecule has 3 rings (SSSR count). The van der Waals surface area contributed by atoms with E-state index < -0.39 is 0 Å². The van der Waals surface area contributed by atoms with E-state index in [-0.39, 0.29) is 17.7 Å². The number of hydrogen-bond donors (Lipinski definition) is 0. The van der Waals surface area contributed by atoms with Crippen molar-refractivity contribution in [3.05, 3.63) is 23.8 Å². The zero-order valence-electron chi connectivity index (χ0n) is 14.1. The first kappa shape index (κ1) is 17.3. The van der Waals surface area contributed by atoms with Gasteiger partial charge in [-0.2, -0.15) is 5.10 Å². The van der Waals surface area contributed by atoms with Crippen LogP contribution in [0.3, 0.4) is 0 Å². The summed E-state index contributed by atoms with van der Waals surface area (Å²) in [7, 11) is 3.26. The number of alkyl halides is 1. The highest BCUT2D eigenvalue weighted by Gasteiger charge is 2.41. The van der Waals surface area contributed by atoms with Crippen molar-refractivity contribution in [2.75, 3.05) is 26.1 Å². The van der Waals surface area contributed by atoms with Crippen molar-refractivity contribution in [2.45, 2.75) is 25.7 Å². The zero-order chi connectivity index (χ0) is 17.1. The molecule has 0 N–H and O–H groups in total. The van der Waals surface area contributed by atoms with Gasteiger partial charge in [-0.05, 0) is 31.0 Å². The second kappa shape index (κ2) is 7.55. The topological polar surface area (TPSA) is 51.1 Å². The van der Waals surface area contributed by atoms with Crippen molar-refractivity contribution in [1.29, 1.82) is 0 Å². The maximum Gasteiger partial charge on any atom is 0.246 e. The van der Waals surface area contributed by atoms with Crippen LogP contribution in [0.25, 0.3) is 0 Å². The summed E-state index contributed by atoms with van der Waals surface area (Å²) in [4.78, 5) is 12.7. The Labute approximate surface area is 151 Å². The van der Waals surface area contributed by atoms with Crippen LogP contribution in [0, 0.1) is 11.8 Å². The average Bonchev–Trinajstić information content (AvgIpc) is 2.63. The summed E-state index contributed by atoms with van der Waals surface area (Å²) >= 11 is 3.42. The molecule has 1 saturated carbocycles. The van der Waals surface area contributed by atoms with Crippen LogP contribution in [-0.4, -0.2) is 42.7 Å². The highest BCUT2D eigenvalue weighted by Crippen LogP contribution is 2.38. The van der Waals surface area contributed by atoms with Gasteiger partial charge in [0, 0.05) is 22.7 Å². The SMILES string of the molecule is COc1ccc(C2=NN(CCBr)C(=O)C3CCCCC23)cc1OC. The van der Waals surface area contributed by atoms with Crippen LogP contribution < -0.4 is 9.47 Å². The van der Waals surface area contributed by atoms with Gasteiger partial charge in [-0.25, -0.2) is 5.01 Å². The highest BCUT2D eigenvalue weighted by atomic mass is 79.9. The molecule has 1 aliphatic heterocycles. The van der Waals surface area contributed by atoms with E-state index in [2.05, 4.69) is 15.9 Å². The Hall–Kier alpha value is -1.56. The minimum Gasteiger partial charge on any atom is -0.493 e. The van der Waals surface area contributed by atoms with Crippen molar-refractivity contribution in [3.63, 3.8) is 0 Å². The number of carbonyl (C=O) groups is 1. The first-order valence-electron chi connectivity index (χ1n) is 8.37. The van der Waals surface area contributed by atoms with Crippen LogP contribution in [0.2, 0.25) is 0 Å². The molecule has 2 aliphatic rings. The predicted molar refractivity (Wildman–Crippen MR) is 97.0 cm³/mol. The van der Waals surface area contributed by atoms with Crippen LogP contribution in [0.4, 0.5) is 0 Å². The first-order chi connectivity index (χ1) is 11.7. The van der Waals surface area contributed by atoms with E-state index in [0.29, 0.717) is 18.0 Å². The summed E-state index contributed by atoms with van der Waals surface area (Å²) in [6.45, 7) is 0.596. The lowest BCUT2D eigenvalue weighted by Gasteiger charge is -2.38. The molecule has 0 radical (unpaired) electrons. The number of hydrogen-bond acceptors (Lipinski definition) is 4. The van der Waals surface area contributed by atoms with E-state index in [1.807, 2.05) is 18.2 Å². The number of halogens is 1. The second-order valence-corrected chi connectivity index (χ2v) is 7.00. The Morgan fingerprint density at radius 3 is 2.54 bits per heavy atom. The number of hydrazone groups is 1. The molecule has 0 spiro atoms. The van der Waals surface area contributed by atoms with Crippen molar-refractivity contribution in [3.8, 4) is 11.5 Å². The highest BCUT2D eigenvalue weighted by molar-refractivity contribution is 9.09. The minimum absolute atomic E-state index is 0.0541. The maximum atomic E-state index is 12.7. The molecule has 5 nitrogen and oxygen atoms in total. The molecule has 6 heteroatoms. The Bertz CT molecular complexity index is 647. The van der Waals surface area contributed by atoms with Gasteiger partial charge in [0.05, 0.1) is 26.5 Å². The monoisotopic (exact) mass is 394 g/mol. The van der Waals surface area contributed by atoms with E-state index in [1.54, 1.807) is 19.2 Å². The number of fused-ring (bicyclic) bond motifs is 1. The number of amides is 1. The van der Waals surface area contributed by atoms with Crippen LogP contribution in [0.1, 0.15) is 31.2 Å². The van der Waals surface area contributed by atoms with Crippen molar-refractivity contribution < 1.29 is 14.3 Å². The van der Waals surface area contributed by atoms with Crippen LogP contribution >= 0.6 is 15.9 Å². The van der Waals surface area contributed by atoms with Crippen LogP contribution in [-0.2, 0) is 4.79 Å². The Morgan fingerprint density at radius 2 is 1.88 bits per heavy atom. The number of ether oxygens (including phenoxy) is 2. The summed E-state index contributed by atoms with van der Waals surface area (Å²) in [5, 5.41) is 7.07. The molecule has 130 valence electrons. The molecule has 1 aromatic carbocycles. The van der Waals surface area contributed by atoms with E-state index >= 15 is 0 Å². The molecule has 2 unspecified atom stereocenters. The van der Waals surface area contributed by atoms with Crippen LogP contribution in [0.5, 0.6) is 11.5 Å². The van der Waals surface area contributed by atoms with Crippen LogP contribution in [0.15, 0.2) is 23.3 Å². The fourth-order valence-corrected chi connectivity index (χ4v) is 4.04. The number of benzene rings is 1. The summed E-state index contributed by atoms with van der Waals surface area (Å²) in [6, 6.07) is 5.87. The van der Waals surface area contributed by atoms with Gasteiger partial charge in [-0.1, -0.05) is 28.8 Å². The molecule has 0 bridgehead atoms. The van der Waals surface area contributed by atoms with Gasteiger partial charge in [-0.3, -0.25) is 4.79 Å². The van der Waals surface area contributed by atoms with Gasteiger partial charge >= 0.3 is 0 Å². The number of nitrogens with zero attached hydrogens (tertiary/aromatic N) is 2. The molecule has 1 heterocycles. The normalized spacial score (nSPS) is 23.5. The molecule has 1 aromatic rings. The van der Waals surface area contributed by atoms with E-state index in [1.165, 1.54) is 0 Å². The number of carbonyl (C=O) groups excluding carboxylic acids is 1. The smallest absolute Gasteiger partial charge is 0.246 e. The third-order valence-electron chi connectivity index (χ3n) is 4.89. The fraction of sp³-hybridized carbons (Fsp3) is 0.556. The molecule has 1 amide bonds. The molecule has 2 atom stereocenters. The lowest BCUT2D eigenvalue weighted by molar-refractivity contribution is -0.138. The summed E-state index contributed by atoms with van der Waals surface area (Å²) in [5.74, 6) is 1.82. The number of rotatable bonds is 5. The van der Waals surface area contributed by atoms with E-state index in [9.17, 15) is 4.79 Å². The quantitative estimate of drug-likeness (QED) is 0.718. The largest absolute Gasteiger partial charge is 0.493 e. The van der Waals surface area contributed by atoms with Gasteiger partial charge in [0.15, 0.2) is 11.5 Å². The van der Waals surface area contributed by atoms with Gasteiger partial charge in [0.1, 0.15) is 0 Å². The lowest BCUT2D eigenvalue weighted by Crippen LogP contribution is -2.46. The maximum absolute atomic E-state index is 12.7. The lowest BCUT2D eigenvalue weighted by atomic mass is 9.73. The molecule has 1 fully saturated rings. The number of methoxy groups -OCH3 is 2. The second-order valence-electron chi connectivity index (χ2n) is 6.20. The zero-order valence-corrected chi connectivity index (χ0v) is 15.7. The van der Waals surface area contributed by atoms with Crippen molar-refractivity contribution >= 4 is 27.5 Å². The van der Waals surface area contributed by atoms with E-state index in [0.717, 1.165) is 42.3 Å². The van der Waals surface area contributed by atoms with Gasteiger partial charge in [0.25, 0.3) is 0 Å². The van der Waals surface area contributed by atoms with Crippen molar-refractivity contribution in [1.82, 2.24) is 5.01 Å². The van der Waals surface area contributed by atoms with E-state index in [4.69, 9.17) is 14.6 Å². The molecule has 24 heavy (non-hydrogen) atoms. The van der Waals surface area contributed by atoms with Crippen molar-refractivity contribution in [2.24, 2.45) is 16.9 Å².